The fourth-order valence-corrected chi connectivity index (χ4v) is 4.08. The monoisotopic (exact) mass is 442 g/mol. The van der Waals surface area contributed by atoms with Gasteiger partial charge in [0.15, 0.2) is 11.6 Å². The van der Waals surface area contributed by atoms with Crippen LogP contribution < -0.4 is 10.0 Å². The Labute approximate surface area is 170 Å². The lowest BCUT2D eigenvalue weighted by Crippen LogP contribution is -2.31. The summed E-state index contributed by atoms with van der Waals surface area (Å²) in [5, 5.41) is 3.37. The van der Waals surface area contributed by atoms with E-state index in [2.05, 4.69) is 15.3 Å². The summed E-state index contributed by atoms with van der Waals surface area (Å²) in [6, 6.07) is 6.84. The number of hydrogen-bond acceptors (Lipinski definition) is 5. The minimum atomic E-state index is -4.59. The van der Waals surface area contributed by atoms with Crippen molar-refractivity contribution in [3.05, 3.63) is 48.2 Å². The maximum atomic E-state index is 14.6. The lowest BCUT2D eigenvalue weighted by Gasteiger charge is -2.16. The van der Waals surface area contributed by atoms with Gasteiger partial charge in [-0.3, -0.25) is 4.72 Å². The third-order valence-corrected chi connectivity index (χ3v) is 5.71. The van der Waals surface area contributed by atoms with Crippen molar-refractivity contribution in [1.82, 2.24) is 9.97 Å². The minimum absolute atomic E-state index is 0.131. The second-order valence-corrected chi connectivity index (χ2v) is 8.30. The van der Waals surface area contributed by atoms with Crippen LogP contribution in [0.2, 0.25) is 0 Å². The first-order valence-corrected chi connectivity index (χ1v) is 10.5. The summed E-state index contributed by atoms with van der Waals surface area (Å²) < 4.78 is 81.4. The zero-order valence-electron chi connectivity index (χ0n) is 16.0. The summed E-state index contributed by atoms with van der Waals surface area (Å²) in [6.45, 7) is 1.12. The molecule has 1 aromatic heterocycles. The molecule has 0 atom stereocenters. The zero-order chi connectivity index (χ0) is 22.1. The SMILES string of the molecule is CCC(F)(F)CS(=O)(=O)Nc1ccc(-c2ccc3nc(NC)ncc3c2)c(F)c1F. The van der Waals surface area contributed by atoms with E-state index in [4.69, 9.17) is 0 Å². The van der Waals surface area contributed by atoms with E-state index in [1.165, 1.54) is 12.3 Å². The second kappa shape index (κ2) is 8.05. The summed E-state index contributed by atoms with van der Waals surface area (Å²) in [7, 11) is -2.93. The molecule has 0 bridgehead atoms. The number of aromatic nitrogens is 2. The average molecular weight is 442 g/mol. The molecule has 3 aromatic rings. The lowest BCUT2D eigenvalue weighted by molar-refractivity contribution is 0.0219. The molecular weight excluding hydrogens is 424 g/mol. The van der Waals surface area contributed by atoms with E-state index in [1.807, 2.05) is 0 Å². The molecule has 0 aliphatic rings. The van der Waals surface area contributed by atoms with Crippen molar-refractivity contribution in [1.29, 1.82) is 0 Å². The van der Waals surface area contributed by atoms with Gasteiger partial charge in [-0.15, -0.1) is 0 Å². The Morgan fingerprint density at radius 3 is 2.50 bits per heavy atom. The Balaban J connectivity index is 1.94. The molecule has 0 saturated heterocycles. The first kappa shape index (κ1) is 21.8. The van der Waals surface area contributed by atoms with Crippen molar-refractivity contribution >= 4 is 32.6 Å². The highest BCUT2D eigenvalue weighted by Crippen LogP contribution is 2.31. The largest absolute Gasteiger partial charge is 0.357 e. The number of nitrogens with one attached hydrogen (secondary N) is 2. The van der Waals surface area contributed by atoms with Crippen molar-refractivity contribution in [2.75, 3.05) is 22.8 Å². The summed E-state index contributed by atoms with van der Waals surface area (Å²) in [4.78, 5) is 8.29. The molecule has 0 unspecified atom stereocenters. The fourth-order valence-electron chi connectivity index (χ4n) is 2.76. The molecule has 0 amide bonds. The van der Waals surface area contributed by atoms with Crippen LogP contribution in [0.3, 0.4) is 0 Å². The molecule has 160 valence electrons. The van der Waals surface area contributed by atoms with Gasteiger partial charge in [0.2, 0.25) is 16.0 Å². The zero-order valence-corrected chi connectivity index (χ0v) is 16.8. The molecule has 2 aromatic carbocycles. The van der Waals surface area contributed by atoms with Gasteiger partial charge in [-0.05, 0) is 29.8 Å². The molecule has 0 saturated carbocycles. The van der Waals surface area contributed by atoms with Crippen molar-refractivity contribution < 1.29 is 26.0 Å². The van der Waals surface area contributed by atoms with Crippen LogP contribution in [0.5, 0.6) is 0 Å². The first-order valence-electron chi connectivity index (χ1n) is 8.86. The average Bonchev–Trinajstić information content (AvgIpc) is 2.70. The fraction of sp³-hybridized carbons (Fsp3) is 0.263. The molecule has 30 heavy (non-hydrogen) atoms. The predicted molar refractivity (Wildman–Crippen MR) is 107 cm³/mol. The van der Waals surface area contributed by atoms with Gasteiger partial charge in [0.1, 0.15) is 5.75 Å². The van der Waals surface area contributed by atoms with Gasteiger partial charge in [0, 0.05) is 30.6 Å². The van der Waals surface area contributed by atoms with Crippen LogP contribution in [0.1, 0.15) is 13.3 Å². The smallest absolute Gasteiger partial charge is 0.263 e. The van der Waals surface area contributed by atoms with Crippen molar-refractivity contribution in [3.63, 3.8) is 0 Å². The number of alkyl halides is 2. The molecule has 1 heterocycles. The van der Waals surface area contributed by atoms with E-state index in [1.54, 1.807) is 23.9 Å². The summed E-state index contributed by atoms with van der Waals surface area (Å²) in [6.07, 6.45) is 0.813. The Morgan fingerprint density at radius 1 is 1.10 bits per heavy atom. The third-order valence-electron chi connectivity index (χ3n) is 4.38. The van der Waals surface area contributed by atoms with Crippen molar-refractivity contribution in [2.45, 2.75) is 19.3 Å². The number of sulfonamides is 1. The van der Waals surface area contributed by atoms with E-state index in [-0.39, 0.29) is 5.56 Å². The quantitative estimate of drug-likeness (QED) is 0.530. The Kier molecular flexibility index (Phi) is 5.84. The van der Waals surface area contributed by atoms with E-state index >= 15 is 0 Å². The Morgan fingerprint density at radius 2 is 1.83 bits per heavy atom. The number of halogens is 4. The third kappa shape index (κ3) is 4.61. The van der Waals surface area contributed by atoms with Gasteiger partial charge in [-0.25, -0.2) is 35.9 Å². The topological polar surface area (TPSA) is 84.0 Å². The lowest BCUT2D eigenvalue weighted by atomic mass is 10.0. The summed E-state index contributed by atoms with van der Waals surface area (Å²) in [5.74, 6) is -7.42. The van der Waals surface area contributed by atoms with Gasteiger partial charge in [0.05, 0.1) is 11.2 Å². The molecule has 6 nitrogen and oxygen atoms in total. The maximum absolute atomic E-state index is 14.6. The van der Waals surface area contributed by atoms with E-state index in [9.17, 15) is 26.0 Å². The molecule has 2 N–H and O–H groups in total. The van der Waals surface area contributed by atoms with Gasteiger partial charge < -0.3 is 5.32 Å². The summed E-state index contributed by atoms with van der Waals surface area (Å²) >= 11 is 0. The predicted octanol–water partition coefficient (Wildman–Crippen LogP) is 4.40. The number of rotatable bonds is 7. The summed E-state index contributed by atoms with van der Waals surface area (Å²) in [5.41, 5.74) is 0.0201. The van der Waals surface area contributed by atoms with E-state index in [0.717, 1.165) is 19.1 Å². The maximum Gasteiger partial charge on any atom is 0.263 e. The molecule has 0 aliphatic carbocycles. The first-order chi connectivity index (χ1) is 14.0. The van der Waals surface area contributed by atoms with Gasteiger partial charge in [0.25, 0.3) is 5.92 Å². The van der Waals surface area contributed by atoms with Crippen LogP contribution in [0.15, 0.2) is 36.5 Å². The molecule has 3 rings (SSSR count). The van der Waals surface area contributed by atoms with Gasteiger partial charge >= 0.3 is 0 Å². The second-order valence-electron chi connectivity index (χ2n) is 6.58. The van der Waals surface area contributed by atoms with E-state index < -0.39 is 45.4 Å². The van der Waals surface area contributed by atoms with Crippen molar-refractivity contribution in [2.24, 2.45) is 0 Å². The van der Waals surface area contributed by atoms with E-state index in [0.29, 0.717) is 22.4 Å². The number of fused-ring (bicyclic) bond motifs is 1. The Bertz CT molecular complexity index is 1200. The molecular formula is C19H18F4N4O2S. The molecule has 0 fully saturated rings. The van der Waals surface area contributed by atoms with Crippen LogP contribution in [-0.2, 0) is 10.0 Å². The van der Waals surface area contributed by atoms with Crippen LogP contribution in [0.4, 0.5) is 29.2 Å². The van der Waals surface area contributed by atoms with Crippen LogP contribution in [-0.4, -0.2) is 37.1 Å². The molecule has 11 heteroatoms. The molecule has 0 radical (unpaired) electrons. The molecule has 0 spiro atoms. The van der Waals surface area contributed by atoms with Crippen LogP contribution in [0.25, 0.3) is 22.0 Å². The van der Waals surface area contributed by atoms with Gasteiger partial charge in [-0.1, -0.05) is 13.0 Å². The number of nitrogens with zero attached hydrogens (tertiary/aromatic N) is 2. The normalized spacial score (nSPS) is 12.2. The van der Waals surface area contributed by atoms with Crippen molar-refractivity contribution in [3.8, 4) is 11.1 Å². The number of anilines is 2. The molecule has 0 aliphatic heterocycles. The minimum Gasteiger partial charge on any atom is -0.357 e. The highest BCUT2D eigenvalue weighted by molar-refractivity contribution is 7.92. The Hall–Kier alpha value is -2.95. The highest BCUT2D eigenvalue weighted by atomic mass is 32.2. The van der Waals surface area contributed by atoms with Gasteiger partial charge in [-0.2, -0.15) is 0 Å². The highest BCUT2D eigenvalue weighted by Gasteiger charge is 2.34. The number of hydrogen-bond donors (Lipinski definition) is 2. The van der Waals surface area contributed by atoms with Crippen LogP contribution >= 0.6 is 0 Å². The number of benzene rings is 2. The van der Waals surface area contributed by atoms with Crippen LogP contribution in [0, 0.1) is 11.6 Å². The standard InChI is InChI=1S/C19H18F4N4O2S/c1-3-19(22,23)10-30(28,29)27-15-7-5-13(16(20)17(15)21)11-4-6-14-12(8-11)9-25-18(24-2)26-14/h4-9,27H,3,10H2,1-2H3,(H,24,25,26).